The fourth-order valence-corrected chi connectivity index (χ4v) is 5.06. The van der Waals surface area contributed by atoms with Crippen LogP contribution in [0.25, 0.3) is 0 Å². The van der Waals surface area contributed by atoms with Crippen molar-refractivity contribution < 1.29 is 19.1 Å². The van der Waals surface area contributed by atoms with Crippen molar-refractivity contribution in [2.75, 3.05) is 32.7 Å². The summed E-state index contributed by atoms with van der Waals surface area (Å²) in [6, 6.07) is 10.1. The molecular weight excluding hydrogens is 382 g/mol. The normalized spacial score (nSPS) is 28.5. The molecular formula is C23H33N3O4. The van der Waals surface area contributed by atoms with E-state index in [1.807, 2.05) is 60.9 Å². The topological polar surface area (TPSA) is 71.1 Å². The van der Waals surface area contributed by atoms with Crippen LogP contribution in [-0.2, 0) is 16.1 Å². The second kappa shape index (κ2) is 8.46. The predicted molar refractivity (Wildman–Crippen MR) is 113 cm³/mol. The number of hydrogen-bond acceptors (Lipinski definition) is 5. The molecule has 3 aliphatic rings. The van der Waals surface area contributed by atoms with Gasteiger partial charge in [0, 0.05) is 38.1 Å². The summed E-state index contributed by atoms with van der Waals surface area (Å²) < 4.78 is 11.2. The van der Waals surface area contributed by atoms with Gasteiger partial charge in [0.15, 0.2) is 0 Å². The third kappa shape index (κ3) is 4.72. The third-order valence-electron chi connectivity index (χ3n) is 6.38. The highest BCUT2D eigenvalue weighted by Crippen LogP contribution is 2.37. The number of nitrogens with one attached hydrogen (secondary N) is 1. The molecule has 0 saturated carbocycles. The van der Waals surface area contributed by atoms with Gasteiger partial charge in [0.25, 0.3) is 0 Å². The van der Waals surface area contributed by atoms with E-state index in [0.717, 1.165) is 25.1 Å². The monoisotopic (exact) mass is 415 g/mol. The molecule has 0 bridgehead atoms. The molecule has 3 heterocycles. The van der Waals surface area contributed by atoms with Gasteiger partial charge >= 0.3 is 12.2 Å². The van der Waals surface area contributed by atoms with Crippen LogP contribution in [0, 0.1) is 17.8 Å². The highest BCUT2D eigenvalue weighted by atomic mass is 16.6. The van der Waals surface area contributed by atoms with Crippen molar-refractivity contribution in [2.45, 2.75) is 45.4 Å². The van der Waals surface area contributed by atoms with Crippen LogP contribution in [0.3, 0.4) is 0 Å². The average Bonchev–Trinajstić information content (AvgIpc) is 3.29. The molecule has 1 N–H and O–H groups in total. The van der Waals surface area contributed by atoms with Gasteiger partial charge in [0.2, 0.25) is 0 Å². The second-order valence-electron chi connectivity index (χ2n) is 9.78. The Morgan fingerprint density at radius 2 is 1.67 bits per heavy atom. The van der Waals surface area contributed by atoms with Crippen LogP contribution in [0.2, 0.25) is 0 Å². The van der Waals surface area contributed by atoms with Gasteiger partial charge in [-0.05, 0) is 51.1 Å². The summed E-state index contributed by atoms with van der Waals surface area (Å²) in [5, 5.41) is 3.64. The second-order valence-corrected chi connectivity index (χ2v) is 9.78. The Kier molecular flexibility index (Phi) is 5.91. The standard InChI is InChI=1S/C23H33N3O4/c1-23(2,3)30-22(28)25-11-17-9-10-24-20(17)19-14-26(13-18(19)12-25)21(27)29-15-16-7-5-4-6-8-16/h4-8,17-20,24H,9-15H2,1-3H3/t17-,18-,19+,20-/m0/s1. The summed E-state index contributed by atoms with van der Waals surface area (Å²) in [6.45, 7) is 9.55. The Morgan fingerprint density at radius 3 is 2.37 bits per heavy atom. The molecule has 4 rings (SSSR count). The number of fused-ring (bicyclic) bond motifs is 3. The smallest absolute Gasteiger partial charge is 0.410 e. The van der Waals surface area contributed by atoms with E-state index in [0.29, 0.717) is 37.5 Å². The number of likely N-dealkylation sites (tertiary alicyclic amines) is 2. The Hall–Kier alpha value is -2.28. The molecule has 7 nitrogen and oxygen atoms in total. The van der Waals surface area contributed by atoms with Crippen LogP contribution >= 0.6 is 0 Å². The van der Waals surface area contributed by atoms with E-state index in [-0.39, 0.29) is 24.7 Å². The van der Waals surface area contributed by atoms with Crippen LogP contribution in [-0.4, -0.2) is 66.4 Å². The SMILES string of the molecule is CC(C)(C)OC(=O)N1C[C@H]2CN(C(=O)OCc3ccccc3)C[C@H]2[C@H]2NCC[C@H]2C1. The van der Waals surface area contributed by atoms with Crippen molar-refractivity contribution >= 4 is 12.2 Å². The zero-order chi connectivity index (χ0) is 21.3. The minimum absolute atomic E-state index is 0.224. The lowest BCUT2D eigenvalue weighted by atomic mass is 9.84. The highest BCUT2D eigenvalue weighted by Gasteiger charge is 2.48. The predicted octanol–water partition coefficient (Wildman–Crippen LogP) is 3.10. The summed E-state index contributed by atoms with van der Waals surface area (Å²) in [5.74, 6) is 0.949. The van der Waals surface area contributed by atoms with E-state index >= 15 is 0 Å². The van der Waals surface area contributed by atoms with Crippen LogP contribution in [0.15, 0.2) is 30.3 Å². The summed E-state index contributed by atoms with van der Waals surface area (Å²) >= 11 is 0. The van der Waals surface area contributed by atoms with E-state index < -0.39 is 5.60 Å². The zero-order valence-corrected chi connectivity index (χ0v) is 18.2. The van der Waals surface area contributed by atoms with Crippen molar-refractivity contribution in [2.24, 2.45) is 17.8 Å². The van der Waals surface area contributed by atoms with Gasteiger partial charge in [-0.2, -0.15) is 0 Å². The molecule has 1 aromatic carbocycles. The molecule has 3 aliphatic heterocycles. The zero-order valence-electron chi connectivity index (χ0n) is 18.2. The molecule has 4 atom stereocenters. The van der Waals surface area contributed by atoms with Crippen LogP contribution in [0.5, 0.6) is 0 Å². The van der Waals surface area contributed by atoms with Crippen molar-refractivity contribution in [1.29, 1.82) is 0 Å². The van der Waals surface area contributed by atoms with Crippen LogP contribution in [0.4, 0.5) is 9.59 Å². The van der Waals surface area contributed by atoms with E-state index in [1.54, 1.807) is 0 Å². The molecule has 2 amide bonds. The number of nitrogens with zero attached hydrogens (tertiary/aromatic N) is 2. The molecule has 3 fully saturated rings. The minimum atomic E-state index is -0.515. The third-order valence-corrected chi connectivity index (χ3v) is 6.38. The van der Waals surface area contributed by atoms with Gasteiger partial charge in [-0.15, -0.1) is 0 Å². The van der Waals surface area contributed by atoms with E-state index in [2.05, 4.69) is 5.32 Å². The van der Waals surface area contributed by atoms with E-state index in [9.17, 15) is 9.59 Å². The van der Waals surface area contributed by atoms with Gasteiger partial charge in [0.05, 0.1) is 0 Å². The number of ether oxygens (including phenoxy) is 2. The number of benzene rings is 1. The van der Waals surface area contributed by atoms with Crippen LogP contribution < -0.4 is 5.32 Å². The number of amides is 2. The van der Waals surface area contributed by atoms with Crippen molar-refractivity contribution in [3.63, 3.8) is 0 Å². The first-order chi connectivity index (χ1) is 14.3. The molecule has 30 heavy (non-hydrogen) atoms. The van der Waals surface area contributed by atoms with Crippen LogP contribution in [0.1, 0.15) is 32.8 Å². The number of carbonyl (C=O) groups excluding carboxylic acids is 2. The molecule has 0 aliphatic carbocycles. The quantitative estimate of drug-likeness (QED) is 0.804. The first kappa shape index (κ1) is 21.0. The van der Waals surface area contributed by atoms with Crippen molar-refractivity contribution in [3.05, 3.63) is 35.9 Å². The Bertz CT molecular complexity index is 763. The molecule has 7 heteroatoms. The van der Waals surface area contributed by atoms with Gasteiger partial charge in [-0.3, -0.25) is 0 Å². The Morgan fingerprint density at radius 1 is 1.00 bits per heavy atom. The summed E-state index contributed by atoms with van der Waals surface area (Å²) in [6.07, 6.45) is 0.523. The van der Waals surface area contributed by atoms with Crippen molar-refractivity contribution in [1.82, 2.24) is 15.1 Å². The highest BCUT2D eigenvalue weighted by molar-refractivity contribution is 5.69. The van der Waals surface area contributed by atoms with Gasteiger partial charge in [-0.1, -0.05) is 30.3 Å². The lowest BCUT2D eigenvalue weighted by molar-refractivity contribution is 0.0211. The lowest BCUT2D eigenvalue weighted by Gasteiger charge is -2.29. The molecule has 164 valence electrons. The Balaban J connectivity index is 1.42. The van der Waals surface area contributed by atoms with E-state index in [4.69, 9.17) is 9.47 Å². The molecule has 3 saturated heterocycles. The summed E-state index contributed by atoms with van der Waals surface area (Å²) in [5.41, 5.74) is 0.465. The fourth-order valence-electron chi connectivity index (χ4n) is 5.06. The Labute approximate surface area is 178 Å². The van der Waals surface area contributed by atoms with Gasteiger partial charge in [0.1, 0.15) is 12.2 Å². The largest absolute Gasteiger partial charge is 0.445 e. The number of rotatable bonds is 2. The average molecular weight is 416 g/mol. The lowest BCUT2D eigenvalue weighted by Crippen LogP contribution is -2.42. The molecule has 0 aromatic heterocycles. The number of carbonyl (C=O) groups is 2. The maximum Gasteiger partial charge on any atom is 0.410 e. The van der Waals surface area contributed by atoms with Gasteiger partial charge in [-0.25, -0.2) is 9.59 Å². The van der Waals surface area contributed by atoms with Gasteiger partial charge < -0.3 is 24.6 Å². The molecule has 0 radical (unpaired) electrons. The maximum absolute atomic E-state index is 12.8. The van der Waals surface area contributed by atoms with E-state index in [1.165, 1.54) is 0 Å². The van der Waals surface area contributed by atoms with Crippen molar-refractivity contribution in [3.8, 4) is 0 Å². The molecule has 0 spiro atoms. The maximum atomic E-state index is 12.8. The molecule has 0 unspecified atom stereocenters. The fraction of sp³-hybridized carbons (Fsp3) is 0.652. The summed E-state index contributed by atoms with van der Waals surface area (Å²) in [4.78, 5) is 29.2. The first-order valence-electron chi connectivity index (χ1n) is 11.0. The first-order valence-corrected chi connectivity index (χ1v) is 11.0. The minimum Gasteiger partial charge on any atom is -0.445 e. The summed E-state index contributed by atoms with van der Waals surface area (Å²) in [7, 11) is 0. The molecule has 1 aromatic rings. The number of hydrogen-bond donors (Lipinski definition) is 1.